The first kappa shape index (κ1) is 21.8. The molecule has 1 aromatic carbocycles. The number of nitrogens with zero attached hydrogens (tertiary/aromatic N) is 1. The van der Waals surface area contributed by atoms with Crippen molar-refractivity contribution < 1.29 is 23.0 Å². The Morgan fingerprint density at radius 2 is 1.94 bits per heavy atom. The number of aromatic hydroxyl groups is 1. The van der Waals surface area contributed by atoms with Gasteiger partial charge in [-0.05, 0) is 37.6 Å². The maximum Gasteiger partial charge on any atom is 0.416 e. The number of rotatable bonds is 4. The molecule has 31 heavy (non-hydrogen) atoms. The van der Waals surface area contributed by atoms with Crippen LogP contribution in [-0.2, 0) is 10.9 Å². The molecule has 0 aliphatic carbocycles. The van der Waals surface area contributed by atoms with Crippen LogP contribution in [0.4, 0.5) is 13.2 Å². The lowest BCUT2D eigenvalue weighted by atomic mass is 9.99. The molecule has 0 bridgehead atoms. The summed E-state index contributed by atoms with van der Waals surface area (Å²) < 4.78 is 44.2. The number of likely N-dealkylation sites (tertiary alicyclic amines) is 1. The van der Waals surface area contributed by atoms with Crippen LogP contribution in [0, 0.1) is 0 Å². The van der Waals surface area contributed by atoms with Crippen LogP contribution in [0.1, 0.15) is 24.0 Å². The number of hydrogen-bond acceptors (Lipinski definition) is 7. The van der Waals surface area contributed by atoms with Gasteiger partial charge in [0.1, 0.15) is 11.6 Å². The molecular weight excluding hydrogens is 411 g/mol. The maximum absolute atomic E-state index is 12.9. The van der Waals surface area contributed by atoms with Crippen LogP contribution < -0.4 is 22.1 Å². The number of nitrogens with two attached hydrogens (primary N) is 2. The SMILES string of the molecule is N/C(NC1CCCN(C2CNC2)C1)=C1/COC/C1=C(/N)c1ccc(C(F)(F)F)cc1O. The van der Waals surface area contributed by atoms with Gasteiger partial charge in [0.15, 0.2) is 0 Å². The lowest BCUT2D eigenvalue weighted by molar-refractivity contribution is -0.137. The van der Waals surface area contributed by atoms with Gasteiger partial charge in [-0.3, -0.25) is 4.90 Å². The Labute approximate surface area is 178 Å². The predicted molar refractivity (Wildman–Crippen MR) is 111 cm³/mol. The minimum absolute atomic E-state index is 0.125. The molecule has 0 amide bonds. The number of ether oxygens (including phenoxy) is 1. The van der Waals surface area contributed by atoms with Gasteiger partial charge < -0.3 is 31.9 Å². The molecule has 3 heterocycles. The van der Waals surface area contributed by atoms with Crippen LogP contribution >= 0.6 is 0 Å². The van der Waals surface area contributed by atoms with Crippen LogP contribution in [0.2, 0.25) is 0 Å². The summed E-state index contributed by atoms with van der Waals surface area (Å²) in [5.41, 5.74) is 13.2. The van der Waals surface area contributed by atoms with Crippen molar-refractivity contribution in [1.29, 1.82) is 0 Å². The number of hydrogen-bond donors (Lipinski definition) is 5. The average molecular weight is 439 g/mol. The molecule has 7 nitrogen and oxygen atoms in total. The summed E-state index contributed by atoms with van der Waals surface area (Å²) in [6.45, 7) is 4.42. The lowest BCUT2D eigenvalue weighted by Crippen LogP contribution is -2.61. The number of halogens is 3. The second kappa shape index (κ2) is 8.60. The Hall–Kier alpha value is -2.43. The molecule has 7 N–H and O–H groups in total. The Morgan fingerprint density at radius 1 is 1.19 bits per heavy atom. The molecule has 3 saturated heterocycles. The van der Waals surface area contributed by atoms with Crippen molar-refractivity contribution in [2.75, 3.05) is 39.4 Å². The molecule has 3 aliphatic rings. The first-order valence-corrected chi connectivity index (χ1v) is 10.4. The Morgan fingerprint density at radius 3 is 2.58 bits per heavy atom. The van der Waals surface area contributed by atoms with Crippen LogP contribution in [-0.4, -0.2) is 61.5 Å². The van der Waals surface area contributed by atoms with Crippen LogP contribution in [0.25, 0.3) is 5.70 Å². The number of phenols is 1. The van der Waals surface area contributed by atoms with Gasteiger partial charge in [0, 0.05) is 54.1 Å². The highest BCUT2D eigenvalue weighted by Crippen LogP contribution is 2.36. The van der Waals surface area contributed by atoms with Gasteiger partial charge in [-0.1, -0.05) is 0 Å². The molecular formula is C21H28F3N5O2. The van der Waals surface area contributed by atoms with E-state index in [-0.39, 0.29) is 30.5 Å². The zero-order valence-corrected chi connectivity index (χ0v) is 17.1. The van der Waals surface area contributed by atoms with Gasteiger partial charge in [0.2, 0.25) is 0 Å². The van der Waals surface area contributed by atoms with Crippen molar-refractivity contribution in [3.8, 4) is 5.75 Å². The van der Waals surface area contributed by atoms with Gasteiger partial charge in [0.25, 0.3) is 0 Å². The monoisotopic (exact) mass is 439 g/mol. The second-order valence-corrected chi connectivity index (χ2v) is 8.30. The summed E-state index contributed by atoms with van der Waals surface area (Å²) in [4.78, 5) is 2.46. The summed E-state index contributed by atoms with van der Waals surface area (Å²) in [5.74, 6) is -0.0740. The van der Waals surface area contributed by atoms with Gasteiger partial charge in [-0.25, -0.2) is 0 Å². The first-order valence-electron chi connectivity index (χ1n) is 10.4. The minimum atomic E-state index is -4.54. The van der Waals surface area contributed by atoms with E-state index in [9.17, 15) is 18.3 Å². The number of alkyl halides is 3. The Bertz CT molecular complexity index is 895. The molecule has 4 rings (SSSR count). The lowest BCUT2D eigenvalue weighted by Gasteiger charge is -2.43. The van der Waals surface area contributed by atoms with Gasteiger partial charge >= 0.3 is 6.18 Å². The summed E-state index contributed by atoms with van der Waals surface area (Å²) in [6.07, 6.45) is -2.46. The van der Waals surface area contributed by atoms with E-state index in [0.717, 1.165) is 45.1 Å². The maximum atomic E-state index is 12.9. The van der Waals surface area contributed by atoms with Gasteiger partial charge in [0.05, 0.1) is 18.8 Å². The van der Waals surface area contributed by atoms with E-state index in [0.29, 0.717) is 29.1 Å². The summed E-state index contributed by atoms with van der Waals surface area (Å²) in [6, 6.07) is 3.52. The molecule has 3 aliphatic heterocycles. The zero-order valence-electron chi connectivity index (χ0n) is 17.1. The number of benzene rings is 1. The van der Waals surface area contributed by atoms with Crippen LogP contribution in [0.3, 0.4) is 0 Å². The van der Waals surface area contributed by atoms with E-state index < -0.39 is 17.5 Å². The van der Waals surface area contributed by atoms with Gasteiger partial charge in [-0.2, -0.15) is 13.2 Å². The molecule has 0 saturated carbocycles. The van der Waals surface area contributed by atoms with Crippen molar-refractivity contribution in [3.63, 3.8) is 0 Å². The fourth-order valence-corrected chi connectivity index (χ4v) is 4.30. The van der Waals surface area contributed by atoms with E-state index in [1.54, 1.807) is 0 Å². The van der Waals surface area contributed by atoms with Crippen molar-refractivity contribution in [2.45, 2.75) is 31.1 Å². The molecule has 1 atom stereocenters. The fraction of sp³-hybridized carbons (Fsp3) is 0.524. The summed E-state index contributed by atoms with van der Waals surface area (Å²) >= 11 is 0. The van der Waals surface area contributed by atoms with E-state index in [2.05, 4.69) is 15.5 Å². The minimum Gasteiger partial charge on any atom is -0.507 e. The second-order valence-electron chi connectivity index (χ2n) is 8.30. The topological polar surface area (TPSA) is 109 Å². The largest absolute Gasteiger partial charge is 0.507 e. The van der Waals surface area contributed by atoms with E-state index in [4.69, 9.17) is 16.2 Å². The third-order valence-electron chi connectivity index (χ3n) is 6.21. The quantitative estimate of drug-likeness (QED) is 0.481. The van der Waals surface area contributed by atoms with Crippen LogP contribution in [0.5, 0.6) is 5.75 Å². The molecule has 170 valence electrons. The fourth-order valence-electron chi connectivity index (χ4n) is 4.30. The standard InChI is InChI=1S/C21H28F3N5O2/c22-21(23,24)12-3-4-15(18(30)6-12)19(25)16-10-31-11-17(16)20(26)28-13-2-1-5-29(9-13)14-7-27-8-14/h3-4,6,13-14,27-28,30H,1-2,5,7-11,25-26H2/b19-16-,20-17+. The molecule has 1 unspecified atom stereocenters. The first-order chi connectivity index (χ1) is 14.7. The van der Waals surface area contributed by atoms with Crippen molar-refractivity contribution in [2.24, 2.45) is 11.5 Å². The molecule has 1 aromatic rings. The van der Waals surface area contributed by atoms with Gasteiger partial charge in [-0.15, -0.1) is 0 Å². The summed E-state index contributed by atoms with van der Waals surface area (Å²) in [7, 11) is 0. The summed E-state index contributed by atoms with van der Waals surface area (Å²) in [5, 5.41) is 16.8. The zero-order chi connectivity index (χ0) is 22.2. The normalized spacial score (nSPS) is 26.5. The smallest absolute Gasteiger partial charge is 0.416 e. The highest BCUT2D eigenvalue weighted by atomic mass is 19.4. The van der Waals surface area contributed by atoms with E-state index in [1.165, 1.54) is 6.07 Å². The van der Waals surface area contributed by atoms with Crippen molar-refractivity contribution >= 4 is 5.70 Å². The van der Waals surface area contributed by atoms with Crippen LogP contribution in [0.15, 0.2) is 35.2 Å². The number of piperidine rings is 1. The number of phenolic OH excluding ortho intramolecular Hbond substituents is 1. The number of nitrogens with one attached hydrogen (secondary N) is 2. The Kier molecular flexibility index (Phi) is 6.05. The molecule has 0 aromatic heterocycles. The molecule has 0 radical (unpaired) electrons. The molecule has 10 heteroatoms. The highest BCUT2D eigenvalue weighted by molar-refractivity contribution is 5.75. The third-order valence-corrected chi connectivity index (χ3v) is 6.21. The van der Waals surface area contributed by atoms with E-state index in [1.807, 2.05) is 0 Å². The average Bonchev–Trinajstić information content (AvgIpc) is 3.15. The third kappa shape index (κ3) is 4.60. The van der Waals surface area contributed by atoms with E-state index >= 15 is 0 Å². The predicted octanol–water partition coefficient (Wildman–Crippen LogP) is 1.31. The Balaban J connectivity index is 1.54. The molecule has 0 spiro atoms. The van der Waals surface area contributed by atoms with Crippen molar-refractivity contribution in [3.05, 3.63) is 46.3 Å². The van der Waals surface area contributed by atoms with Crippen molar-refractivity contribution in [1.82, 2.24) is 15.5 Å². The molecule has 3 fully saturated rings. The highest BCUT2D eigenvalue weighted by Gasteiger charge is 2.32.